The predicted octanol–water partition coefficient (Wildman–Crippen LogP) is 8.93. The summed E-state index contributed by atoms with van der Waals surface area (Å²) in [5.41, 5.74) is 9.41. The highest BCUT2D eigenvalue weighted by Gasteiger charge is 2.26. The molecular formula is C40H58N2O8. The van der Waals surface area contributed by atoms with Crippen LogP contribution in [0.4, 0.5) is 9.59 Å². The number of benzene rings is 2. The van der Waals surface area contributed by atoms with Crippen LogP contribution in [0, 0.1) is 27.7 Å². The molecule has 0 aromatic heterocycles. The van der Waals surface area contributed by atoms with Crippen molar-refractivity contribution in [1.29, 1.82) is 0 Å². The molecule has 0 heterocycles. The number of alkyl carbamates (subject to hydrolysis) is 2. The summed E-state index contributed by atoms with van der Waals surface area (Å²) < 4.78 is 10.3. The van der Waals surface area contributed by atoms with E-state index in [2.05, 4.69) is 48.7 Å². The molecule has 276 valence electrons. The SMILES string of the molecule is C/C(C[C@H](NC(=O)OC(C)(C)C)C(=O)O)=C(/C)c1ccc(C)c(C)c1.C/C(C[C@H](NC(=O)OC(C)(C)C)C(=O)O)=C(\C)c1ccc(C)c(C)c1. The quantitative estimate of drug-likeness (QED) is 0.192. The molecule has 0 aliphatic heterocycles. The Morgan fingerprint density at radius 2 is 0.880 bits per heavy atom. The largest absolute Gasteiger partial charge is 0.480 e. The highest BCUT2D eigenvalue weighted by molar-refractivity contribution is 5.82. The summed E-state index contributed by atoms with van der Waals surface area (Å²) in [5.74, 6) is -2.17. The molecule has 0 unspecified atom stereocenters. The van der Waals surface area contributed by atoms with Gasteiger partial charge in [0, 0.05) is 0 Å². The average Bonchev–Trinajstić information content (AvgIpc) is 2.96. The Morgan fingerprint density at radius 3 is 1.12 bits per heavy atom. The summed E-state index contributed by atoms with van der Waals surface area (Å²) in [6.45, 7) is 26.3. The number of carboxylic acid groups (broad SMARTS) is 2. The lowest BCUT2D eigenvalue weighted by Crippen LogP contribution is -2.43. The zero-order valence-corrected chi connectivity index (χ0v) is 32.4. The standard InChI is InChI=1S/2C20H29NO4/c2*1-12-8-9-16(10-13(12)2)15(4)14(3)11-17(18(22)23)21-19(24)25-20(5,6)7/h2*8-10,17H,11H2,1-7H3,(H,21,24)(H,22,23)/b15-14+;15-14-/t2*17-/m00/s1. The highest BCUT2D eigenvalue weighted by atomic mass is 16.6. The zero-order chi connectivity index (χ0) is 38.7. The van der Waals surface area contributed by atoms with Gasteiger partial charge < -0.3 is 30.3 Å². The number of amides is 2. The van der Waals surface area contributed by atoms with Crippen molar-refractivity contribution in [3.8, 4) is 0 Å². The van der Waals surface area contributed by atoms with Gasteiger partial charge in [-0.25, -0.2) is 19.2 Å². The topological polar surface area (TPSA) is 151 Å². The van der Waals surface area contributed by atoms with Gasteiger partial charge in [0.15, 0.2) is 0 Å². The maximum atomic E-state index is 11.9. The van der Waals surface area contributed by atoms with E-state index in [1.165, 1.54) is 22.3 Å². The van der Waals surface area contributed by atoms with Gasteiger partial charge in [0.25, 0.3) is 0 Å². The molecule has 2 rings (SSSR count). The van der Waals surface area contributed by atoms with Crippen LogP contribution in [0.3, 0.4) is 0 Å². The third kappa shape index (κ3) is 15.3. The molecule has 0 saturated carbocycles. The molecule has 10 heteroatoms. The van der Waals surface area contributed by atoms with Crippen LogP contribution in [0.2, 0.25) is 0 Å². The van der Waals surface area contributed by atoms with E-state index >= 15 is 0 Å². The summed E-state index contributed by atoms with van der Waals surface area (Å²) in [6.07, 6.45) is -1.02. The zero-order valence-electron chi connectivity index (χ0n) is 32.4. The van der Waals surface area contributed by atoms with Gasteiger partial charge in [-0.05, 0) is 154 Å². The Balaban J connectivity index is 0.000000500. The van der Waals surface area contributed by atoms with Crippen molar-refractivity contribution >= 4 is 35.3 Å². The van der Waals surface area contributed by atoms with Crippen LogP contribution in [0.25, 0.3) is 11.1 Å². The van der Waals surface area contributed by atoms with Crippen LogP contribution in [-0.2, 0) is 19.1 Å². The minimum Gasteiger partial charge on any atom is -0.480 e. The first kappa shape index (κ1) is 43.4. The molecule has 2 amide bonds. The molecule has 0 saturated heterocycles. The number of ether oxygens (including phenoxy) is 2. The maximum Gasteiger partial charge on any atom is 0.408 e. The van der Waals surface area contributed by atoms with Gasteiger partial charge >= 0.3 is 24.1 Å². The third-order valence-corrected chi connectivity index (χ3v) is 8.16. The van der Waals surface area contributed by atoms with Gasteiger partial charge in [0.1, 0.15) is 23.3 Å². The molecule has 0 fully saturated rings. The second-order valence-electron chi connectivity index (χ2n) is 14.9. The van der Waals surface area contributed by atoms with Crippen molar-refractivity contribution in [1.82, 2.24) is 10.6 Å². The van der Waals surface area contributed by atoms with E-state index in [1.807, 2.05) is 53.7 Å². The maximum absolute atomic E-state index is 11.9. The highest BCUT2D eigenvalue weighted by Crippen LogP contribution is 2.25. The van der Waals surface area contributed by atoms with Crippen LogP contribution < -0.4 is 10.6 Å². The van der Waals surface area contributed by atoms with Crippen molar-refractivity contribution < 1.29 is 38.9 Å². The first-order valence-electron chi connectivity index (χ1n) is 16.7. The lowest BCUT2D eigenvalue weighted by molar-refractivity contribution is -0.140. The summed E-state index contributed by atoms with van der Waals surface area (Å²) in [7, 11) is 0. The van der Waals surface area contributed by atoms with E-state index in [0.29, 0.717) is 0 Å². The van der Waals surface area contributed by atoms with Crippen molar-refractivity contribution in [2.75, 3.05) is 0 Å². The van der Waals surface area contributed by atoms with Crippen LogP contribution in [0.5, 0.6) is 0 Å². The fourth-order valence-electron chi connectivity index (χ4n) is 4.66. The van der Waals surface area contributed by atoms with Gasteiger partial charge in [-0.2, -0.15) is 0 Å². The molecule has 0 bridgehead atoms. The van der Waals surface area contributed by atoms with Crippen LogP contribution in [0.1, 0.15) is 115 Å². The molecule has 0 aliphatic rings. The Kier molecular flexibility index (Phi) is 16.0. The molecular weight excluding hydrogens is 636 g/mol. The molecule has 0 radical (unpaired) electrons. The van der Waals surface area contributed by atoms with Crippen LogP contribution >= 0.6 is 0 Å². The summed E-state index contributed by atoms with van der Waals surface area (Å²) >= 11 is 0. The van der Waals surface area contributed by atoms with E-state index in [9.17, 15) is 29.4 Å². The number of carbonyl (C=O) groups is 4. The van der Waals surface area contributed by atoms with Gasteiger partial charge in [-0.15, -0.1) is 0 Å². The number of aryl methyl sites for hydroxylation is 4. The number of nitrogens with one attached hydrogen (secondary N) is 2. The van der Waals surface area contributed by atoms with E-state index in [0.717, 1.165) is 33.4 Å². The Morgan fingerprint density at radius 1 is 0.580 bits per heavy atom. The number of carbonyl (C=O) groups excluding carboxylic acids is 2. The van der Waals surface area contributed by atoms with E-state index in [-0.39, 0.29) is 12.8 Å². The van der Waals surface area contributed by atoms with Gasteiger partial charge in [0.05, 0.1) is 0 Å². The summed E-state index contributed by atoms with van der Waals surface area (Å²) in [4.78, 5) is 46.7. The van der Waals surface area contributed by atoms with Gasteiger partial charge in [-0.3, -0.25) is 0 Å². The van der Waals surface area contributed by atoms with Gasteiger partial charge in [-0.1, -0.05) is 47.5 Å². The second kappa shape index (κ2) is 18.4. The first-order valence-corrected chi connectivity index (χ1v) is 16.7. The number of hydrogen-bond acceptors (Lipinski definition) is 6. The Labute approximate surface area is 298 Å². The van der Waals surface area contributed by atoms with Crippen molar-refractivity contribution in [3.63, 3.8) is 0 Å². The lowest BCUT2D eigenvalue weighted by atomic mass is 9.95. The van der Waals surface area contributed by atoms with Gasteiger partial charge in [0.2, 0.25) is 0 Å². The van der Waals surface area contributed by atoms with Crippen molar-refractivity contribution in [2.45, 2.75) is 133 Å². The van der Waals surface area contributed by atoms with Crippen LogP contribution in [-0.4, -0.2) is 57.6 Å². The van der Waals surface area contributed by atoms with E-state index in [1.54, 1.807) is 41.5 Å². The minimum absolute atomic E-state index is 0.216. The molecule has 4 N–H and O–H groups in total. The monoisotopic (exact) mass is 694 g/mol. The Bertz CT molecular complexity index is 1490. The fraction of sp³-hybridized carbons (Fsp3) is 0.500. The molecule has 50 heavy (non-hydrogen) atoms. The summed E-state index contributed by atoms with van der Waals surface area (Å²) in [6, 6.07) is 10.3. The van der Waals surface area contributed by atoms with Crippen molar-refractivity contribution in [2.24, 2.45) is 0 Å². The smallest absolute Gasteiger partial charge is 0.408 e. The minimum atomic E-state index is -1.09. The fourth-order valence-corrected chi connectivity index (χ4v) is 4.66. The van der Waals surface area contributed by atoms with Crippen molar-refractivity contribution in [3.05, 3.63) is 80.9 Å². The normalized spacial score (nSPS) is 13.7. The number of carboxylic acids is 2. The average molecular weight is 695 g/mol. The predicted molar refractivity (Wildman–Crippen MR) is 199 cm³/mol. The Hall–Kier alpha value is -4.60. The molecule has 2 atom stereocenters. The number of rotatable bonds is 10. The third-order valence-electron chi connectivity index (χ3n) is 8.16. The number of aliphatic carboxylic acids is 2. The number of allylic oxidation sites excluding steroid dienone is 2. The van der Waals surface area contributed by atoms with Crippen LogP contribution in [0.15, 0.2) is 47.5 Å². The van der Waals surface area contributed by atoms with E-state index < -0.39 is 47.4 Å². The summed E-state index contributed by atoms with van der Waals surface area (Å²) in [5, 5.41) is 23.7. The molecule has 2 aromatic rings. The number of hydrogen-bond donors (Lipinski definition) is 4. The first-order chi connectivity index (χ1) is 22.8. The molecule has 0 spiro atoms. The lowest BCUT2D eigenvalue weighted by Gasteiger charge is -2.22. The molecule has 0 aliphatic carbocycles. The molecule has 2 aromatic carbocycles. The molecule has 10 nitrogen and oxygen atoms in total. The van der Waals surface area contributed by atoms with E-state index in [4.69, 9.17) is 9.47 Å². The second-order valence-corrected chi connectivity index (χ2v) is 14.9.